The second-order valence-electron chi connectivity index (χ2n) is 5.64. The van der Waals surface area contributed by atoms with Crippen molar-refractivity contribution in [3.05, 3.63) is 12.2 Å². The molecule has 2 heteroatoms. The van der Waals surface area contributed by atoms with Gasteiger partial charge in [0, 0.05) is 13.7 Å². The molecule has 3 atom stereocenters. The Balaban J connectivity index is 1.69. The van der Waals surface area contributed by atoms with E-state index in [0.717, 1.165) is 30.8 Å². The second kappa shape index (κ2) is 4.26. The maximum absolute atomic E-state index is 5.39. The Kier molecular flexibility index (Phi) is 3.17. The molecule has 0 amide bonds. The standard InChI is InChI=1S/C13H23NO/c1-13(2,15-3)9-14-8-12-7-10-4-5-11(12)6-10/h4-5,10-12,14H,6-9H2,1-3H3. The fourth-order valence-electron chi connectivity index (χ4n) is 2.76. The van der Waals surface area contributed by atoms with Gasteiger partial charge in [0.2, 0.25) is 0 Å². The van der Waals surface area contributed by atoms with E-state index in [-0.39, 0.29) is 5.60 Å². The fourth-order valence-corrected chi connectivity index (χ4v) is 2.76. The maximum atomic E-state index is 5.39. The number of rotatable bonds is 5. The van der Waals surface area contributed by atoms with Crippen LogP contribution in [0.1, 0.15) is 26.7 Å². The van der Waals surface area contributed by atoms with Crippen LogP contribution in [0.4, 0.5) is 0 Å². The van der Waals surface area contributed by atoms with Crippen molar-refractivity contribution in [2.45, 2.75) is 32.3 Å². The molecule has 2 aliphatic carbocycles. The highest BCUT2D eigenvalue weighted by Crippen LogP contribution is 2.42. The SMILES string of the molecule is COC(C)(C)CNCC1CC2C=CC1C2. The maximum Gasteiger partial charge on any atom is 0.0746 e. The van der Waals surface area contributed by atoms with Crippen LogP contribution in [0.5, 0.6) is 0 Å². The number of methoxy groups -OCH3 is 1. The van der Waals surface area contributed by atoms with E-state index in [4.69, 9.17) is 4.74 Å². The molecule has 2 nitrogen and oxygen atoms in total. The van der Waals surface area contributed by atoms with Crippen molar-refractivity contribution in [2.24, 2.45) is 17.8 Å². The largest absolute Gasteiger partial charge is 0.377 e. The van der Waals surface area contributed by atoms with Gasteiger partial charge >= 0.3 is 0 Å². The first-order chi connectivity index (χ1) is 7.11. The molecular weight excluding hydrogens is 186 g/mol. The minimum atomic E-state index is -0.0343. The van der Waals surface area contributed by atoms with E-state index in [1.165, 1.54) is 12.8 Å². The topological polar surface area (TPSA) is 21.3 Å². The smallest absolute Gasteiger partial charge is 0.0746 e. The van der Waals surface area contributed by atoms with E-state index < -0.39 is 0 Å². The van der Waals surface area contributed by atoms with Crippen LogP contribution in [0.2, 0.25) is 0 Å². The third-order valence-corrected chi connectivity index (χ3v) is 3.93. The van der Waals surface area contributed by atoms with Crippen LogP contribution in [-0.4, -0.2) is 25.8 Å². The molecule has 2 aliphatic rings. The molecule has 0 aromatic carbocycles. The zero-order valence-electron chi connectivity index (χ0n) is 10.1. The van der Waals surface area contributed by atoms with Crippen LogP contribution >= 0.6 is 0 Å². The normalized spacial score (nSPS) is 33.9. The van der Waals surface area contributed by atoms with Gasteiger partial charge in [0.05, 0.1) is 5.60 Å². The van der Waals surface area contributed by atoms with E-state index in [1.54, 1.807) is 7.11 Å². The van der Waals surface area contributed by atoms with Gasteiger partial charge in [-0.1, -0.05) is 12.2 Å². The Morgan fingerprint density at radius 2 is 2.13 bits per heavy atom. The van der Waals surface area contributed by atoms with Gasteiger partial charge in [0.1, 0.15) is 0 Å². The number of allylic oxidation sites excluding steroid dienone is 2. The molecule has 86 valence electrons. The zero-order chi connectivity index (χ0) is 10.9. The highest BCUT2D eigenvalue weighted by atomic mass is 16.5. The molecular formula is C13H23NO. The first kappa shape index (κ1) is 11.2. The number of hydrogen-bond donors (Lipinski definition) is 1. The van der Waals surface area contributed by atoms with Crippen LogP contribution in [-0.2, 0) is 4.74 Å². The number of ether oxygens (including phenoxy) is 1. The summed E-state index contributed by atoms with van der Waals surface area (Å²) < 4.78 is 5.39. The van der Waals surface area contributed by atoms with E-state index in [1.807, 2.05) is 0 Å². The van der Waals surface area contributed by atoms with Crippen molar-refractivity contribution in [3.8, 4) is 0 Å². The van der Waals surface area contributed by atoms with Gasteiger partial charge in [0.15, 0.2) is 0 Å². The quantitative estimate of drug-likeness (QED) is 0.701. The summed E-state index contributed by atoms with van der Waals surface area (Å²) in [5, 5.41) is 3.54. The van der Waals surface area contributed by atoms with Crippen LogP contribution in [0.25, 0.3) is 0 Å². The van der Waals surface area contributed by atoms with Gasteiger partial charge < -0.3 is 10.1 Å². The molecule has 1 fully saturated rings. The lowest BCUT2D eigenvalue weighted by Crippen LogP contribution is -2.39. The van der Waals surface area contributed by atoms with Crippen LogP contribution in [0.15, 0.2) is 12.2 Å². The summed E-state index contributed by atoms with van der Waals surface area (Å²) in [4.78, 5) is 0. The van der Waals surface area contributed by atoms with Gasteiger partial charge in [-0.2, -0.15) is 0 Å². The van der Waals surface area contributed by atoms with E-state index in [2.05, 4.69) is 31.3 Å². The minimum Gasteiger partial charge on any atom is -0.377 e. The summed E-state index contributed by atoms with van der Waals surface area (Å²) in [6.45, 7) is 6.35. The molecule has 1 saturated carbocycles. The molecule has 0 aromatic rings. The molecule has 15 heavy (non-hydrogen) atoms. The van der Waals surface area contributed by atoms with E-state index in [9.17, 15) is 0 Å². The molecule has 1 N–H and O–H groups in total. The Labute approximate surface area is 93.1 Å². The van der Waals surface area contributed by atoms with Crippen molar-refractivity contribution >= 4 is 0 Å². The summed E-state index contributed by atoms with van der Waals surface area (Å²) in [5.41, 5.74) is -0.0343. The zero-order valence-corrected chi connectivity index (χ0v) is 10.1. The molecule has 0 aromatic heterocycles. The van der Waals surface area contributed by atoms with Gasteiger partial charge in [-0.3, -0.25) is 0 Å². The Morgan fingerprint density at radius 3 is 2.67 bits per heavy atom. The van der Waals surface area contributed by atoms with Crippen LogP contribution in [0.3, 0.4) is 0 Å². The van der Waals surface area contributed by atoms with Gasteiger partial charge in [-0.15, -0.1) is 0 Å². The van der Waals surface area contributed by atoms with Gasteiger partial charge in [-0.05, 0) is 51.0 Å². The predicted octanol–water partition coefficient (Wildman–Crippen LogP) is 2.21. The average Bonchev–Trinajstić information content (AvgIpc) is 2.79. The second-order valence-corrected chi connectivity index (χ2v) is 5.64. The summed E-state index contributed by atoms with van der Waals surface area (Å²) >= 11 is 0. The van der Waals surface area contributed by atoms with E-state index in [0.29, 0.717) is 0 Å². The highest BCUT2D eigenvalue weighted by molar-refractivity contribution is 5.10. The monoisotopic (exact) mass is 209 g/mol. The Morgan fingerprint density at radius 1 is 1.33 bits per heavy atom. The van der Waals surface area contributed by atoms with Gasteiger partial charge in [0.25, 0.3) is 0 Å². The van der Waals surface area contributed by atoms with Crippen molar-refractivity contribution in [1.82, 2.24) is 5.32 Å². The summed E-state index contributed by atoms with van der Waals surface area (Å²) in [7, 11) is 1.78. The summed E-state index contributed by atoms with van der Waals surface area (Å²) in [5.74, 6) is 2.61. The van der Waals surface area contributed by atoms with Crippen molar-refractivity contribution in [1.29, 1.82) is 0 Å². The number of fused-ring (bicyclic) bond motifs is 2. The molecule has 0 heterocycles. The third-order valence-electron chi connectivity index (χ3n) is 3.93. The fraction of sp³-hybridized carbons (Fsp3) is 0.846. The predicted molar refractivity (Wildman–Crippen MR) is 62.8 cm³/mol. The van der Waals surface area contributed by atoms with Crippen molar-refractivity contribution < 1.29 is 4.74 Å². The number of nitrogens with one attached hydrogen (secondary N) is 1. The lowest BCUT2D eigenvalue weighted by Gasteiger charge is -2.25. The van der Waals surface area contributed by atoms with Crippen LogP contribution in [0, 0.1) is 17.8 Å². The van der Waals surface area contributed by atoms with Crippen molar-refractivity contribution in [2.75, 3.05) is 20.2 Å². The highest BCUT2D eigenvalue weighted by Gasteiger charge is 2.35. The summed E-state index contributed by atoms with van der Waals surface area (Å²) in [6, 6.07) is 0. The Bertz CT molecular complexity index is 247. The van der Waals surface area contributed by atoms with Crippen LogP contribution < -0.4 is 5.32 Å². The summed E-state index contributed by atoms with van der Waals surface area (Å²) in [6.07, 6.45) is 7.61. The number of hydrogen-bond acceptors (Lipinski definition) is 2. The molecule has 0 saturated heterocycles. The third kappa shape index (κ3) is 2.61. The first-order valence-electron chi connectivity index (χ1n) is 6.05. The Hall–Kier alpha value is -0.340. The molecule has 2 rings (SSSR count). The molecule has 0 spiro atoms. The first-order valence-corrected chi connectivity index (χ1v) is 6.05. The minimum absolute atomic E-state index is 0.0343. The molecule has 2 bridgehead atoms. The van der Waals surface area contributed by atoms with E-state index >= 15 is 0 Å². The molecule has 0 aliphatic heterocycles. The molecule has 3 unspecified atom stereocenters. The molecule has 0 radical (unpaired) electrons. The van der Waals surface area contributed by atoms with Crippen molar-refractivity contribution in [3.63, 3.8) is 0 Å². The lowest BCUT2D eigenvalue weighted by atomic mass is 9.93. The average molecular weight is 209 g/mol. The lowest BCUT2D eigenvalue weighted by molar-refractivity contribution is 0.0225. The van der Waals surface area contributed by atoms with Gasteiger partial charge in [-0.25, -0.2) is 0 Å².